The molecule has 1 aliphatic heterocycles. The molecule has 1 aliphatic rings. The Kier molecular flexibility index (Phi) is 3.61. The zero-order valence-electron chi connectivity index (χ0n) is 10.7. The van der Waals surface area contributed by atoms with Crippen LogP contribution in [0.5, 0.6) is 5.75 Å². The van der Waals surface area contributed by atoms with E-state index < -0.39 is 18.1 Å². The maximum Gasteiger partial charge on any atom is 0.448 e. The minimum Gasteiger partial charge on any atom is -0.410 e. The lowest BCUT2D eigenvalue weighted by Gasteiger charge is -2.29. The molecule has 1 amide bonds. The SMILES string of the molecule is CNC(=O)Oc1ccc2c(c1)C(OC)(C(F)(F)F)OC2. The summed E-state index contributed by atoms with van der Waals surface area (Å²) in [5, 5.41) is 2.20. The van der Waals surface area contributed by atoms with Crippen LogP contribution < -0.4 is 10.1 Å². The molecule has 1 atom stereocenters. The number of carbonyl (C=O) groups excluding carboxylic acids is 1. The van der Waals surface area contributed by atoms with Crippen LogP contribution in [0.4, 0.5) is 18.0 Å². The largest absolute Gasteiger partial charge is 0.448 e. The molecule has 1 N–H and O–H groups in total. The summed E-state index contributed by atoms with van der Waals surface area (Å²) in [7, 11) is 2.25. The first kappa shape index (κ1) is 14.6. The number of amides is 1. The fourth-order valence-electron chi connectivity index (χ4n) is 1.99. The molecule has 110 valence electrons. The Bertz CT molecular complexity index is 532. The number of alkyl halides is 3. The summed E-state index contributed by atoms with van der Waals surface area (Å²) in [4.78, 5) is 11.1. The molecule has 0 aliphatic carbocycles. The van der Waals surface area contributed by atoms with Crippen molar-refractivity contribution in [1.82, 2.24) is 5.32 Å². The molecule has 20 heavy (non-hydrogen) atoms. The van der Waals surface area contributed by atoms with E-state index in [0.29, 0.717) is 5.56 Å². The van der Waals surface area contributed by atoms with Gasteiger partial charge in [0, 0.05) is 19.7 Å². The van der Waals surface area contributed by atoms with E-state index >= 15 is 0 Å². The van der Waals surface area contributed by atoms with Gasteiger partial charge in [0.1, 0.15) is 5.75 Å². The van der Waals surface area contributed by atoms with E-state index in [9.17, 15) is 18.0 Å². The molecule has 2 rings (SSSR count). The van der Waals surface area contributed by atoms with Crippen LogP contribution in [-0.4, -0.2) is 26.4 Å². The van der Waals surface area contributed by atoms with Gasteiger partial charge < -0.3 is 19.5 Å². The molecule has 0 spiro atoms. The summed E-state index contributed by atoms with van der Waals surface area (Å²) >= 11 is 0. The Balaban J connectivity index is 2.44. The monoisotopic (exact) mass is 291 g/mol. The Morgan fingerprint density at radius 1 is 1.45 bits per heavy atom. The van der Waals surface area contributed by atoms with Crippen LogP contribution >= 0.6 is 0 Å². The smallest absolute Gasteiger partial charge is 0.410 e. The van der Waals surface area contributed by atoms with Crippen molar-refractivity contribution in [3.63, 3.8) is 0 Å². The van der Waals surface area contributed by atoms with Gasteiger partial charge in [0.05, 0.1) is 6.61 Å². The molecule has 0 saturated carbocycles. The first-order chi connectivity index (χ1) is 9.34. The summed E-state index contributed by atoms with van der Waals surface area (Å²) in [6.07, 6.45) is -5.53. The molecule has 0 bridgehead atoms. The van der Waals surface area contributed by atoms with Gasteiger partial charge in [-0.1, -0.05) is 6.07 Å². The summed E-state index contributed by atoms with van der Waals surface area (Å²) in [6, 6.07) is 3.88. The van der Waals surface area contributed by atoms with E-state index in [1.54, 1.807) is 0 Å². The topological polar surface area (TPSA) is 56.8 Å². The van der Waals surface area contributed by atoms with Crippen LogP contribution in [0.25, 0.3) is 0 Å². The Morgan fingerprint density at radius 2 is 2.15 bits per heavy atom. The number of nitrogens with one attached hydrogen (secondary N) is 1. The molecule has 0 aromatic heterocycles. The molecule has 0 radical (unpaired) electrons. The molecule has 1 aromatic carbocycles. The summed E-state index contributed by atoms with van der Waals surface area (Å²) in [5.41, 5.74) is 0.113. The van der Waals surface area contributed by atoms with Crippen molar-refractivity contribution in [2.75, 3.05) is 14.2 Å². The zero-order valence-corrected chi connectivity index (χ0v) is 10.7. The third kappa shape index (κ3) is 2.20. The maximum atomic E-state index is 13.2. The Hall–Kier alpha value is -1.80. The van der Waals surface area contributed by atoms with Crippen molar-refractivity contribution in [3.05, 3.63) is 29.3 Å². The molecular formula is C12H12F3NO4. The Morgan fingerprint density at radius 3 is 2.70 bits per heavy atom. The van der Waals surface area contributed by atoms with E-state index in [4.69, 9.17) is 9.47 Å². The van der Waals surface area contributed by atoms with Crippen LogP contribution in [-0.2, 0) is 21.9 Å². The molecule has 1 unspecified atom stereocenters. The lowest BCUT2D eigenvalue weighted by Crippen LogP contribution is -2.43. The second-order valence-electron chi connectivity index (χ2n) is 4.07. The summed E-state index contributed by atoms with van der Waals surface area (Å²) in [6.45, 7) is -0.233. The van der Waals surface area contributed by atoms with Gasteiger partial charge in [-0.2, -0.15) is 13.2 Å². The number of halogens is 3. The highest BCUT2D eigenvalue weighted by molar-refractivity contribution is 5.70. The lowest BCUT2D eigenvalue weighted by atomic mass is 10.0. The highest BCUT2D eigenvalue weighted by Crippen LogP contribution is 2.49. The highest BCUT2D eigenvalue weighted by atomic mass is 19.4. The quantitative estimate of drug-likeness (QED) is 0.908. The van der Waals surface area contributed by atoms with Crippen molar-refractivity contribution < 1.29 is 32.2 Å². The van der Waals surface area contributed by atoms with Crippen molar-refractivity contribution >= 4 is 6.09 Å². The second-order valence-corrected chi connectivity index (χ2v) is 4.07. The van der Waals surface area contributed by atoms with Crippen LogP contribution in [0.3, 0.4) is 0 Å². The van der Waals surface area contributed by atoms with Crippen LogP contribution in [0.1, 0.15) is 11.1 Å². The van der Waals surface area contributed by atoms with Gasteiger partial charge in [-0.25, -0.2) is 4.79 Å². The van der Waals surface area contributed by atoms with Gasteiger partial charge in [-0.05, 0) is 17.7 Å². The van der Waals surface area contributed by atoms with E-state index in [1.807, 2.05) is 0 Å². The summed E-state index contributed by atoms with van der Waals surface area (Å²) < 4.78 is 53.7. The van der Waals surface area contributed by atoms with Crippen molar-refractivity contribution in [2.45, 2.75) is 18.6 Å². The van der Waals surface area contributed by atoms with Gasteiger partial charge >= 0.3 is 12.3 Å². The van der Waals surface area contributed by atoms with E-state index in [1.165, 1.54) is 19.2 Å². The summed E-state index contributed by atoms with van der Waals surface area (Å²) in [5.74, 6) is -2.86. The third-order valence-electron chi connectivity index (χ3n) is 2.94. The predicted molar refractivity (Wildman–Crippen MR) is 61.1 cm³/mol. The minimum absolute atomic E-state index is 0.0284. The van der Waals surface area contributed by atoms with Gasteiger partial charge in [-0.3, -0.25) is 0 Å². The van der Waals surface area contributed by atoms with E-state index in [-0.39, 0.29) is 17.9 Å². The number of ether oxygens (including phenoxy) is 3. The number of fused-ring (bicyclic) bond motifs is 1. The normalized spacial score (nSPS) is 21.4. The van der Waals surface area contributed by atoms with Crippen molar-refractivity contribution in [2.24, 2.45) is 0 Å². The molecule has 0 saturated heterocycles. The number of hydrogen-bond donors (Lipinski definition) is 1. The van der Waals surface area contributed by atoms with Gasteiger partial charge in [0.25, 0.3) is 5.79 Å². The van der Waals surface area contributed by atoms with Crippen LogP contribution in [0.15, 0.2) is 18.2 Å². The fourth-order valence-corrected chi connectivity index (χ4v) is 1.99. The molecule has 5 nitrogen and oxygen atoms in total. The van der Waals surface area contributed by atoms with Crippen LogP contribution in [0.2, 0.25) is 0 Å². The molecule has 1 heterocycles. The van der Waals surface area contributed by atoms with Crippen molar-refractivity contribution in [1.29, 1.82) is 0 Å². The minimum atomic E-state index is -4.75. The molecule has 8 heteroatoms. The van der Waals surface area contributed by atoms with E-state index in [0.717, 1.165) is 13.2 Å². The van der Waals surface area contributed by atoms with Gasteiger partial charge in [0.15, 0.2) is 0 Å². The maximum absolute atomic E-state index is 13.2. The zero-order chi connectivity index (χ0) is 15.0. The first-order valence-corrected chi connectivity index (χ1v) is 5.63. The predicted octanol–water partition coefficient (Wildman–Crippen LogP) is 2.30. The van der Waals surface area contributed by atoms with E-state index in [2.05, 4.69) is 10.1 Å². The molecular weight excluding hydrogens is 279 g/mol. The average molecular weight is 291 g/mol. The first-order valence-electron chi connectivity index (χ1n) is 5.63. The van der Waals surface area contributed by atoms with Gasteiger partial charge in [-0.15, -0.1) is 0 Å². The standard InChI is InChI=1S/C12H12F3NO4/c1-16-10(17)20-8-4-3-7-6-19-11(18-2,9(7)5-8)12(13,14)15/h3-5H,6H2,1-2H3,(H,16,17). The average Bonchev–Trinajstić information content (AvgIpc) is 2.77. The number of rotatable bonds is 2. The second kappa shape index (κ2) is 4.95. The number of hydrogen-bond acceptors (Lipinski definition) is 4. The lowest BCUT2D eigenvalue weighted by molar-refractivity contribution is -0.379. The fraction of sp³-hybridized carbons (Fsp3) is 0.417. The number of methoxy groups -OCH3 is 1. The highest BCUT2D eigenvalue weighted by Gasteiger charge is 2.62. The number of carbonyl (C=O) groups is 1. The molecule has 1 aromatic rings. The third-order valence-corrected chi connectivity index (χ3v) is 2.94. The van der Waals surface area contributed by atoms with Gasteiger partial charge in [0.2, 0.25) is 0 Å². The molecule has 0 fully saturated rings. The Labute approximate surface area is 112 Å². The van der Waals surface area contributed by atoms with Crippen LogP contribution in [0, 0.1) is 0 Å². The number of benzene rings is 1. The van der Waals surface area contributed by atoms with Crippen molar-refractivity contribution in [3.8, 4) is 5.75 Å².